The van der Waals surface area contributed by atoms with Gasteiger partial charge in [-0.3, -0.25) is 9.98 Å². The molecule has 1 aromatic carbocycles. The molecule has 1 aromatic heterocycles. The van der Waals surface area contributed by atoms with Gasteiger partial charge in [-0.1, -0.05) is 18.2 Å². The lowest BCUT2D eigenvalue weighted by Gasteiger charge is -2.29. The van der Waals surface area contributed by atoms with Crippen LogP contribution in [0.5, 0.6) is 0 Å². The number of rotatable bonds is 1. The van der Waals surface area contributed by atoms with E-state index in [1.54, 1.807) is 0 Å². The van der Waals surface area contributed by atoms with Gasteiger partial charge in [0.15, 0.2) is 0 Å². The van der Waals surface area contributed by atoms with Gasteiger partial charge in [-0.05, 0) is 67.0 Å². The van der Waals surface area contributed by atoms with Crippen molar-refractivity contribution in [2.45, 2.75) is 51.2 Å². The van der Waals surface area contributed by atoms with E-state index in [-0.39, 0.29) is 12.1 Å². The number of amidine groups is 1. The van der Waals surface area contributed by atoms with Gasteiger partial charge in [-0.25, -0.2) is 4.98 Å². The second-order valence-electron chi connectivity index (χ2n) is 8.00. The third kappa shape index (κ3) is 2.25. The van der Waals surface area contributed by atoms with Crippen LogP contribution >= 0.6 is 0 Å². The highest BCUT2D eigenvalue weighted by atomic mass is 15.1. The monoisotopic (exact) mass is 354 g/mol. The van der Waals surface area contributed by atoms with Crippen molar-refractivity contribution in [1.82, 2.24) is 10.3 Å². The Morgan fingerprint density at radius 2 is 2.00 bits per heavy atom. The summed E-state index contributed by atoms with van der Waals surface area (Å²) in [5, 5.41) is 3.50. The maximum atomic E-state index is 5.18. The van der Waals surface area contributed by atoms with E-state index in [2.05, 4.69) is 47.6 Å². The van der Waals surface area contributed by atoms with Gasteiger partial charge >= 0.3 is 0 Å². The zero-order chi connectivity index (χ0) is 18.0. The summed E-state index contributed by atoms with van der Waals surface area (Å²) in [4.78, 5) is 14.5. The molecular weight excluding hydrogens is 332 g/mol. The summed E-state index contributed by atoms with van der Waals surface area (Å²) >= 11 is 0. The Labute approximate surface area is 159 Å². The molecule has 0 saturated carbocycles. The van der Waals surface area contributed by atoms with Gasteiger partial charge < -0.3 is 5.32 Å². The van der Waals surface area contributed by atoms with Crippen molar-refractivity contribution in [3.05, 3.63) is 57.8 Å². The molecule has 2 aliphatic carbocycles. The zero-order valence-corrected chi connectivity index (χ0v) is 15.5. The van der Waals surface area contributed by atoms with E-state index >= 15 is 0 Å². The van der Waals surface area contributed by atoms with E-state index in [0.29, 0.717) is 0 Å². The van der Waals surface area contributed by atoms with Gasteiger partial charge in [0.25, 0.3) is 0 Å². The highest BCUT2D eigenvalue weighted by Crippen LogP contribution is 2.42. The maximum Gasteiger partial charge on any atom is 0.103 e. The van der Waals surface area contributed by atoms with Gasteiger partial charge in [0.05, 0.1) is 29.8 Å². The van der Waals surface area contributed by atoms with Crippen molar-refractivity contribution >= 4 is 18.1 Å². The molecule has 0 spiro atoms. The summed E-state index contributed by atoms with van der Waals surface area (Å²) < 4.78 is 0. The first-order valence-corrected chi connectivity index (χ1v) is 9.96. The average Bonchev–Trinajstić information content (AvgIpc) is 3.31. The normalized spacial score (nSPS) is 24.0. The molecule has 0 fully saturated rings. The van der Waals surface area contributed by atoms with Crippen molar-refractivity contribution in [2.24, 2.45) is 9.98 Å². The molecular formula is C23H22N4. The highest BCUT2D eigenvalue weighted by molar-refractivity contribution is 5.87. The number of hydrogen-bond acceptors (Lipinski definition) is 4. The first kappa shape index (κ1) is 15.3. The van der Waals surface area contributed by atoms with Crippen LogP contribution in [0, 0.1) is 0 Å². The van der Waals surface area contributed by atoms with Crippen LogP contribution in [0.15, 0.2) is 34.3 Å². The fourth-order valence-corrected chi connectivity index (χ4v) is 5.05. The van der Waals surface area contributed by atoms with Crippen LogP contribution in [0.25, 0.3) is 17.3 Å². The largest absolute Gasteiger partial charge is 0.365 e. The summed E-state index contributed by atoms with van der Waals surface area (Å²) in [6.07, 6.45) is 11.2. The standard InChI is InChI=1S/C23H22N4/c1-13-25-20-9-8-19-21(23(20)26-13)17-4-2-3-5-18(17)22(27-19)14-6-7-15-11-24-12-16(15)10-14/h6-10,12,20,23H,2-5,11H2,1H3,(H,25,26). The fraction of sp³-hybridized carbons (Fsp3) is 0.348. The Hall–Kier alpha value is -2.75. The summed E-state index contributed by atoms with van der Waals surface area (Å²) in [7, 11) is 0. The number of aliphatic imine (C=N–C) groups is 2. The lowest BCUT2D eigenvalue weighted by molar-refractivity contribution is 0.603. The van der Waals surface area contributed by atoms with Crippen LogP contribution < -0.4 is 5.32 Å². The lowest BCUT2D eigenvalue weighted by Crippen LogP contribution is -2.31. The molecule has 0 saturated heterocycles. The molecule has 2 unspecified atom stereocenters. The van der Waals surface area contributed by atoms with Crippen molar-refractivity contribution < 1.29 is 0 Å². The first-order valence-electron chi connectivity index (χ1n) is 9.96. The number of hydrogen-bond donors (Lipinski definition) is 1. The van der Waals surface area contributed by atoms with E-state index in [9.17, 15) is 0 Å². The minimum atomic E-state index is 0.186. The quantitative estimate of drug-likeness (QED) is 0.841. The van der Waals surface area contributed by atoms with E-state index in [1.165, 1.54) is 51.9 Å². The molecule has 2 aliphatic heterocycles. The summed E-state index contributed by atoms with van der Waals surface area (Å²) in [6, 6.07) is 7.18. The molecule has 0 amide bonds. The highest BCUT2D eigenvalue weighted by Gasteiger charge is 2.35. The Kier molecular flexibility index (Phi) is 3.19. The number of benzene rings is 1. The van der Waals surface area contributed by atoms with Gasteiger partial charge in [-0.15, -0.1) is 0 Å². The SMILES string of the molecule is CC1=NC2c3c(nc(-c4ccc5c(c4)C=NC5)c4c3CCCC4)C=CC2N1. The van der Waals surface area contributed by atoms with Gasteiger partial charge in [0, 0.05) is 17.3 Å². The summed E-state index contributed by atoms with van der Waals surface area (Å²) in [6.45, 7) is 2.87. The molecule has 4 aliphatic rings. The topological polar surface area (TPSA) is 49.6 Å². The van der Waals surface area contributed by atoms with Gasteiger partial charge in [0.2, 0.25) is 0 Å². The summed E-state index contributed by atoms with van der Waals surface area (Å²) in [5.74, 6) is 1.04. The second-order valence-corrected chi connectivity index (χ2v) is 8.00. The minimum absolute atomic E-state index is 0.186. The molecule has 0 bridgehead atoms. The Balaban J connectivity index is 1.58. The fourth-order valence-electron chi connectivity index (χ4n) is 5.05. The predicted octanol–water partition coefficient (Wildman–Crippen LogP) is 4.02. The van der Waals surface area contributed by atoms with Crippen LogP contribution in [-0.2, 0) is 19.4 Å². The van der Waals surface area contributed by atoms with Crippen LogP contribution in [0.1, 0.15) is 59.3 Å². The van der Waals surface area contributed by atoms with Crippen LogP contribution in [0.3, 0.4) is 0 Å². The predicted molar refractivity (Wildman–Crippen MR) is 109 cm³/mol. The molecule has 1 N–H and O–H groups in total. The second kappa shape index (κ2) is 5.62. The average molecular weight is 354 g/mol. The molecule has 6 rings (SSSR count). The minimum Gasteiger partial charge on any atom is -0.365 e. The van der Waals surface area contributed by atoms with Crippen molar-refractivity contribution in [1.29, 1.82) is 0 Å². The maximum absolute atomic E-state index is 5.18. The van der Waals surface area contributed by atoms with Gasteiger partial charge in [-0.2, -0.15) is 0 Å². The third-order valence-electron chi connectivity index (χ3n) is 6.30. The molecule has 27 heavy (non-hydrogen) atoms. The van der Waals surface area contributed by atoms with Crippen LogP contribution in [0.4, 0.5) is 0 Å². The number of aromatic nitrogens is 1. The van der Waals surface area contributed by atoms with E-state index in [4.69, 9.17) is 9.98 Å². The third-order valence-corrected chi connectivity index (χ3v) is 6.30. The van der Waals surface area contributed by atoms with Crippen molar-refractivity contribution in [3.63, 3.8) is 0 Å². The van der Waals surface area contributed by atoms with Gasteiger partial charge in [0.1, 0.15) is 6.04 Å². The molecule has 3 heterocycles. The van der Waals surface area contributed by atoms with Crippen molar-refractivity contribution in [2.75, 3.05) is 0 Å². The molecule has 2 aromatic rings. The smallest absolute Gasteiger partial charge is 0.103 e. The zero-order valence-electron chi connectivity index (χ0n) is 15.5. The lowest BCUT2D eigenvalue weighted by atomic mass is 9.80. The summed E-state index contributed by atoms with van der Waals surface area (Å²) in [5.41, 5.74) is 10.4. The van der Waals surface area contributed by atoms with E-state index in [1.807, 2.05) is 6.21 Å². The Morgan fingerprint density at radius 1 is 1.11 bits per heavy atom. The Bertz CT molecular complexity index is 1060. The van der Waals surface area contributed by atoms with E-state index in [0.717, 1.165) is 30.9 Å². The molecule has 134 valence electrons. The number of pyridine rings is 1. The van der Waals surface area contributed by atoms with Crippen molar-refractivity contribution in [3.8, 4) is 11.3 Å². The first-order chi connectivity index (χ1) is 13.3. The van der Waals surface area contributed by atoms with E-state index < -0.39 is 0 Å². The number of nitrogens with zero attached hydrogens (tertiary/aromatic N) is 3. The molecule has 4 nitrogen and oxygen atoms in total. The van der Waals surface area contributed by atoms with Crippen LogP contribution in [-0.4, -0.2) is 23.1 Å². The molecule has 0 radical (unpaired) electrons. The number of fused-ring (bicyclic) bond motifs is 6. The number of nitrogens with one attached hydrogen (secondary N) is 1. The molecule has 4 heteroatoms. The molecule has 2 atom stereocenters. The Morgan fingerprint density at radius 3 is 2.93 bits per heavy atom. The van der Waals surface area contributed by atoms with Crippen LogP contribution in [0.2, 0.25) is 0 Å².